The highest BCUT2D eigenvalue weighted by atomic mass is 31.2. The smallest absolute Gasteiger partial charge is 0.457 e. The molecule has 0 aliphatic carbocycles. The molecule has 1 N–H and O–H groups in total. The minimum atomic E-state index is -4.28. The monoisotopic (exact) mass is 887 g/mol. The van der Waals surface area contributed by atoms with Gasteiger partial charge >= 0.3 is 13.8 Å². The molecule has 0 aromatic rings. The number of allylic oxidation sites excluding steroid dienone is 2. The van der Waals surface area contributed by atoms with Crippen LogP contribution in [0.3, 0.4) is 0 Å². The number of rotatable bonds is 50. The molecule has 0 rings (SSSR count). The number of hydrogen-bond acceptors (Lipinski definition) is 6. The topological polar surface area (TPSA) is 91.3 Å². The predicted molar refractivity (Wildman–Crippen MR) is 261 cm³/mol. The zero-order valence-corrected chi connectivity index (χ0v) is 42.3. The molecule has 9 heteroatoms. The predicted octanol–water partition coefficient (Wildman–Crippen LogP) is 16.2. The number of esters is 1. The number of unbranched alkanes of at least 4 members (excludes halogenated alkanes) is 34. The molecular weight excluding hydrogens is 782 g/mol. The van der Waals surface area contributed by atoms with Gasteiger partial charge in [0.15, 0.2) is 0 Å². The average Bonchev–Trinajstić information content (AvgIpc) is 3.22. The van der Waals surface area contributed by atoms with Gasteiger partial charge in [0.1, 0.15) is 19.3 Å². The summed E-state index contributed by atoms with van der Waals surface area (Å²) >= 11 is 0. The first-order valence-corrected chi connectivity index (χ1v) is 27.9. The molecule has 0 aliphatic heterocycles. The molecule has 0 saturated carbocycles. The molecule has 0 aromatic carbocycles. The number of phosphoric acid groups is 1. The fourth-order valence-electron chi connectivity index (χ4n) is 7.73. The summed E-state index contributed by atoms with van der Waals surface area (Å²) in [7, 11) is 1.68. The molecule has 0 aliphatic rings. The molecular formula is C52H105NO7P+. The van der Waals surface area contributed by atoms with Gasteiger partial charge < -0.3 is 18.9 Å². The number of ether oxygens (including phenoxy) is 2. The van der Waals surface area contributed by atoms with Crippen molar-refractivity contribution in [3.63, 3.8) is 0 Å². The second-order valence-corrected chi connectivity index (χ2v) is 20.7. The van der Waals surface area contributed by atoms with Crippen molar-refractivity contribution < 1.29 is 37.3 Å². The van der Waals surface area contributed by atoms with E-state index in [-0.39, 0.29) is 25.8 Å². The van der Waals surface area contributed by atoms with E-state index in [1.807, 2.05) is 21.1 Å². The van der Waals surface area contributed by atoms with E-state index in [1.165, 1.54) is 205 Å². The molecule has 8 nitrogen and oxygen atoms in total. The summed E-state index contributed by atoms with van der Waals surface area (Å²) < 4.78 is 35.2. The standard InChI is InChI=1S/C52H104NO7P/c1-6-8-10-12-14-16-18-20-22-24-26-27-28-29-31-33-35-37-39-41-43-45-52(54)60-51(50-59-61(55,56)58-48-46-53(3,4)5)49-57-47-44-42-40-38-36-34-32-30-25-23-21-19-17-15-13-11-9-7-2/h24,26,51H,6-23,25,27-50H2,1-5H3/p+1/b26-24-. The van der Waals surface area contributed by atoms with Crippen LogP contribution in [0.4, 0.5) is 0 Å². The second kappa shape index (κ2) is 45.8. The maximum atomic E-state index is 12.8. The molecule has 61 heavy (non-hydrogen) atoms. The Hall–Kier alpha value is -0.760. The Kier molecular flexibility index (Phi) is 45.2. The quantitative estimate of drug-likeness (QED) is 0.0214. The number of nitrogens with zero attached hydrogens (tertiary/aromatic N) is 1. The highest BCUT2D eigenvalue weighted by Gasteiger charge is 2.26. The molecule has 0 saturated heterocycles. The van der Waals surface area contributed by atoms with Crippen LogP contribution in [-0.4, -0.2) is 75.6 Å². The van der Waals surface area contributed by atoms with Crippen molar-refractivity contribution in [2.45, 2.75) is 264 Å². The Bertz CT molecular complexity index is 987. The molecule has 0 aromatic heterocycles. The summed E-state index contributed by atoms with van der Waals surface area (Å²) in [5, 5.41) is 0. The third kappa shape index (κ3) is 50.1. The molecule has 0 fully saturated rings. The molecule has 2 atom stereocenters. The Balaban J connectivity index is 4.09. The zero-order chi connectivity index (χ0) is 44.8. The van der Waals surface area contributed by atoms with Gasteiger partial charge in [0, 0.05) is 13.0 Å². The first kappa shape index (κ1) is 60.2. The van der Waals surface area contributed by atoms with E-state index in [1.54, 1.807) is 0 Å². The summed E-state index contributed by atoms with van der Waals surface area (Å²) in [6.45, 7) is 5.69. The number of likely N-dealkylation sites (N-methyl/N-ethyl adjacent to an activating group) is 1. The van der Waals surface area contributed by atoms with Crippen LogP contribution in [0.2, 0.25) is 0 Å². The molecule has 0 spiro atoms. The normalized spacial score (nSPS) is 13.6. The van der Waals surface area contributed by atoms with Crippen molar-refractivity contribution in [2.24, 2.45) is 0 Å². The minimum Gasteiger partial charge on any atom is -0.457 e. The van der Waals surface area contributed by atoms with E-state index in [4.69, 9.17) is 18.5 Å². The largest absolute Gasteiger partial charge is 0.472 e. The number of hydrogen-bond donors (Lipinski definition) is 1. The van der Waals surface area contributed by atoms with Gasteiger partial charge in [-0.25, -0.2) is 4.57 Å². The highest BCUT2D eigenvalue weighted by molar-refractivity contribution is 7.47. The summed E-state index contributed by atoms with van der Waals surface area (Å²) in [6.07, 6.45) is 52.5. The summed E-state index contributed by atoms with van der Waals surface area (Å²) in [5.74, 6) is -0.309. The van der Waals surface area contributed by atoms with Crippen molar-refractivity contribution in [2.75, 3.05) is 54.1 Å². The zero-order valence-electron chi connectivity index (χ0n) is 41.4. The fraction of sp³-hybridized carbons (Fsp3) is 0.942. The van der Waals surface area contributed by atoms with Crippen molar-refractivity contribution >= 4 is 13.8 Å². The molecule has 0 radical (unpaired) electrons. The van der Waals surface area contributed by atoms with E-state index in [0.29, 0.717) is 24.1 Å². The van der Waals surface area contributed by atoms with Crippen molar-refractivity contribution in [1.29, 1.82) is 0 Å². The molecule has 0 heterocycles. The van der Waals surface area contributed by atoms with Crippen LogP contribution in [-0.2, 0) is 27.9 Å². The van der Waals surface area contributed by atoms with E-state index in [9.17, 15) is 14.3 Å². The lowest BCUT2D eigenvalue weighted by Gasteiger charge is -2.24. The van der Waals surface area contributed by atoms with E-state index < -0.39 is 13.9 Å². The maximum Gasteiger partial charge on any atom is 0.472 e. The molecule has 0 amide bonds. The van der Waals surface area contributed by atoms with Gasteiger partial charge in [0.25, 0.3) is 0 Å². The third-order valence-corrected chi connectivity index (χ3v) is 12.8. The first-order chi connectivity index (χ1) is 29.6. The van der Waals surface area contributed by atoms with Gasteiger partial charge in [-0.05, 0) is 38.5 Å². The average molecular weight is 887 g/mol. The van der Waals surface area contributed by atoms with Crippen LogP contribution >= 0.6 is 7.82 Å². The second-order valence-electron chi connectivity index (χ2n) is 19.3. The fourth-order valence-corrected chi connectivity index (χ4v) is 8.47. The van der Waals surface area contributed by atoms with E-state index in [2.05, 4.69) is 26.0 Å². The van der Waals surface area contributed by atoms with Crippen LogP contribution in [0.1, 0.15) is 258 Å². The molecule has 364 valence electrons. The lowest BCUT2D eigenvalue weighted by molar-refractivity contribution is -0.870. The SMILES string of the molecule is CCCCCCCCCC/C=C\CCCCCCCCCCCC(=O)OC(COCCCCCCCCCCCCCCCCCCCC)COP(=O)(O)OCC[N+](C)(C)C. The van der Waals surface area contributed by atoms with Gasteiger partial charge in [-0.1, -0.05) is 225 Å². The Labute approximate surface area is 380 Å². The Morgan fingerprint density at radius 1 is 0.492 bits per heavy atom. The van der Waals surface area contributed by atoms with Crippen molar-refractivity contribution in [3.8, 4) is 0 Å². The van der Waals surface area contributed by atoms with Gasteiger partial charge in [-0.15, -0.1) is 0 Å². The van der Waals surface area contributed by atoms with Crippen molar-refractivity contribution in [1.82, 2.24) is 0 Å². The van der Waals surface area contributed by atoms with Crippen LogP contribution in [0.5, 0.6) is 0 Å². The molecule has 2 unspecified atom stereocenters. The van der Waals surface area contributed by atoms with Gasteiger partial charge in [0.05, 0.1) is 34.4 Å². The number of carbonyl (C=O) groups is 1. The Morgan fingerprint density at radius 2 is 0.852 bits per heavy atom. The van der Waals surface area contributed by atoms with Gasteiger partial charge in [-0.3, -0.25) is 13.8 Å². The molecule has 0 bridgehead atoms. The van der Waals surface area contributed by atoms with Crippen LogP contribution < -0.4 is 0 Å². The van der Waals surface area contributed by atoms with Crippen LogP contribution in [0.25, 0.3) is 0 Å². The lowest BCUT2D eigenvalue weighted by Crippen LogP contribution is -2.37. The maximum absolute atomic E-state index is 12.8. The number of phosphoric ester groups is 1. The minimum absolute atomic E-state index is 0.0919. The number of quaternary nitrogens is 1. The third-order valence-electron chi connectivity index (χ3n) is 11.8. The highest BCUT2D eigenvalue weighted by Crippen LogP contribution is 2.43. The summed E-state index contributed by atoms with van der Waals surface area (Å²) in [4.78, 5) is 23.0. The van der Waals surface area contributed by atoms with Gasteiger partial charge in [-0.2, -0.15) is 0 Å². The van der Waals surface area contributed by atoms with Gasteiger partial charge in [0.2, 0.25) is 0 Å². The van der Waals surface area contributed by atoms with Crippen LogP contribution in [0, 0.1) is 0 Å². The summed E-state index contributed by atoms with van der Waals surface area (Å²) in [5.41, 5.74) is 0. The van der Waals surface area contributed by atoms with Crippen LogP contribution in [0.15, 0.2) is 12.2 Å². The Morgan fingerprint density at radius 3 is 1.25 bits per heavy atom. The number of carbonyl (C=O) groups excluding carboxylic acids is 1. The van der Waals surface area contributed by atoms with E-state index >= 15 is 0 Å². The summed E-state index contributed by atoms with van der Waals surface area (Å²) in [6, 6.07) is 0. The van der Waals surface area contributed by atoms with E-state index in [0.717, 1.165) is 32.1 Å². The lowest BCUT2D eigenvalue weighted by atomic mass is 10.0. The first-order valence-electron chi connectivity index (χ1n) is 26.4. The van der Waals surface area contributed by atoms with Crippen molar-refractivity contribution in [3.05, 3.63) is 12.2 Å².